The number of carbonyl (C=O) groups excluding carboxylic acids is 1. The van der Waals surface area contributed by atoms with Gasteiger partial charge in [-0.2, -0.15) is 5.10 Å². The van der Waals surface area contributed by atoms with Crippen molar-refractivity contribution < 1.29 is 4.79 Å². The molecule has 138 valence electrons. The Morgan fingerprint density at radius 2 is 1.68 bits per heavy atom. The molecule has 0 aliphatic carbocycles. The second kappa shape index (κ2) is 7.75. The highest BCUT2D eigenvalue weighted by Gasteiger charge is 2.20. The number of nitrogens with one attached hydrogen (secondary N) is 1. The third-order valence-electron chi connectivity index (χ3n) is 4.33. The summed E-state index contributed by atoms with van der Waals surface area (Å²) in [6, 6.07) is 23.0. The van der Waals surface area contributed by atoms with Crippen LogP contribution >= 0.6 is 0 Å². The zero-order valence-electron chi connectivity index (χ0n) is 15.4. The zero-order valence-corrected chi connectivity index (χ0v) is 15.4. The van der Waals surface area contributed by atoms with Gasteiger partial charge in [0.15, 0.2) is 0 Å². The van der Waals surface area contributed by atoms with Gasteiger partial charge in [-0.1, -0.05) is 36.4 Å². The molecule has 0 radical (unpaired) electrons. The number of aromatic nitrogens is 3. The van der Waals surface area contributed by atoms with Gasteiger partial charge in [0.25, 0.3) is 5.91 Å². The molecule has 0 aliphatic heterocycles. The minimum atomic E-state index is -0.243. The van der Waals surface area contributed by atoms with Crippen molar-refractivity contribution >= 4 is 11.6 Å². The third kappa shape index (κ3) is 3.61. The van der Waals surface area contributed by atoms with Crippen molar-refractivity contribution in [3.05, 3.63) is 97.0 Å². The van der Waals surface area contributed by atoms with Crippen molar-refractivity contribution in [1.82, 2.24) is 20.2 Å². The van der Waals surface area contributed by atoms with Crippen LogP contribution in [0.5, 0.6) is 0 Å². The van der Waals surface area contributed by atoms with E-state index in [1.54, 1.807) is 35.3 Å². The van der Waals surface area contributed by atoms with E-state index in [4.69, 9.17) is 0 Å². The molecule has 4 rings (SSSR count). The number of anilines is 1. The molecular weight excluding hydrogens is 350 g/mol. The van der Waals surface area contributed by atoms with Gasteiger partial charge in [-0.3, -0.25) is 20.2 Å². The van der Waals surface area contributed by atoms with E-state index >= 15 is 0 Å². The van der Waals surface area contributed by atoms with Crippen molar-refractivity contribution in [2.24, 2.45) is 0 Å². The molecule has 2 aromatic heterocycles. The average Bonchev–Trinajstić information content (AvgIpc) is 3.21. The molecule has 1 amide bonds. The number of hydrogen-bond donors (Lipinski definition) is 1. The first-order valence-electron chi connectivity index (χ1n) is 8.87. The molecule has 0 fully saturated rings. The Morgan fingerprint density at radius 3 is 2.36 bits per heavy atom. The minimum Gasteiger partial charge on any atom is -0.288 e. The Kier molecular flexibility index (Phi) is 4.84. The van der Waals surface area contributed by atoms with Crippen LogP contribution in [0.25, 0.3) is 16.9 Å². The first-order valence-corrected chi connectivity index (χ1v) is 8.87. The highest BCUT2D eigenvalue weighted by Crippen LogP contribution is 2.23. The van der Waals surface area contributed by atoms with Gasteiger partial charge >= 0.3 is 0 Å². The van der Waals surface area contributed by atoms with Gasteiger partial charge < -0.3 is 0 Å². The van der Waals surface area contributed by atoms with E-state index in [1.165, 1.54) is 0 Å². The van der Waals surface area contributed by atoms with Gasteiger partial charge in [0.05, 0.1) is 16.9 Å². The number of benzene rings is 2. The van der Waals surface area contributed by atoms with Crippen LogP contribution in [-0.2, 0) is 0 Å². The number of pyridine rings is 1. The van der Waals surface area contributed by atoms with Gasteiger partial charge in [-0.05, 0) is 36.4 Å². The molecule has 2 aromatic carbocycles. The smallest absolute Gasteiger partial charge is 0.273 e. The lowest BCUT2D eigenvalue weighted by atomic mass is 10.1. The molecule has 28 heavy (non-hydrogen) atoms. The van der Waals surface area contributed by atoms with E-state index in [0.29, 0.717) is 11.3 Å². The van der Waals surface area contributed by atoms with Crippen LogP contribution in [0.1, 0.15) is 10.4 Å². The fourth-order valence-electron chi connectivity index (χ4n) is 2.90. The third-order valence-corrected chi connectivity index (χ3v) is 4.33. The summed E-state index contributed by atoms with van der Waals surface area (Å²) in [5.41, 5.74) is 6.50. The van der Waals surface area contributed by atoms with E-state index in [1.807, 2.05) is 72.8 Å². The Bertz CT molecular complexity index is 1060. The Morgan fingerprint density at radius 1 is 0.964 bits per heavy atom. The largest absolute Gasteiger partial charge is 0.288 e. The molecule has 0 saturated heterocycles. The van der Waals surface area contributed by atoms with Crippen molar-refractivity contribution in [2.45, 2.75) is 0 Å². The van der Waals surface area contributed by atoms with Crippen molar-refractivity contribution in [3.63, 3.8) is 0 Å². The SMILES string of the molecule is CN(NC(=O)c1cn(-c2ccccc2)nc1-c1cccnc1)c1ccccc1. The van der Waals surface area contributed by atoms with Gasteiger partial charge in [0.1, 0.15) is 5.69 Å². The van der Waals surface area contributed by atoms with Crippen LogP contribution in [-0.4, -0.2) is 27.7 Å². The maximum atomic E-state index is 13.0. The zero-order chi connectivity index (χ0) is 19.3. The molecule has 6 nitrogen and oxygen atoms in total. The molecule has 6 heteroatoms. The molecular formula is C22H19N5O. The molecule has 1 N–H and O–H groups in total. The number of carbonyl (C=O) groups is 1. The van der Waals surface area contributed by atoms with E-state index in [2.05, 4.69) is 15.5 Å². The van der Waals surface area contributed by atoms with Gasteiger partial charge in [0, 0.05) is 31.2 Å². The summed E-state index contributed by atoms with van der Waals surface area (Å²) in [7, 11) is 1.80. The van der Waals surface area contributed by atoms with Gasteiger partial charge in [-0.25, -0.2) is 4.68 Å². The Labute approximate surface area is 163 Å². The molecule has 0 aliphatic rings. The molecule has 0 unspecified atom stereocenters. The molecule has 4 aromatic rings. The van der Waals surface area contributed by atoms with Crippen LogP contribution in [0.3, 0.4) is 0 Å². The predicted octanol–water partition coefficient (Wildman–Crippen LogP) is 3.72. The molecule has 2 heterocycles. The highest BCUT2D eigenvalue weighted by atomic mass is 16.2. The van der Waals surface area contributed by atoms with E-state index in [-0.39, 0.29) is 5.91 Å². The number of hydrogen-bond acceptors (Lipinski definition) is 4. The predicted molar refractivity (Wildman–Crippen MR) is 109 cm³/mol. The first kappa shape index (κ1) is 17.5. The van der Waals surface area contributed by atoms with Crippen LogP contribution < -0.4 is 10.4 Å². The summed E-state index contributed by atoms with van der Waals surface area (Å²) in [5.74, 6) is -0.243. The second-order valence-electron chi connectivity index (χ2n) is 6.25. The van der Waals surface area contributed by atoms with Crippen LogP contribution in [0.4, 0.5) is 5.69 Å². The fraction of sp³-hybridized carbons (Fsp3) is 0.0455. The summed E-state index contributed by atoms with van der Waals surface area (Å²) < 4.78 is 1.71. The van der Waals surface area contributed by atoms with Gasteiger partial charge in [-0.15, -0.1) is 0 Å². The highest BCUT2D eigenvalue weighted by molar-refractivity contribution is 6.00. The van der Waals surface area contributed by atoms with Crippen LogP contribution in [0.15, 0.2) is 91.4 Å². The summed E-state index contributed by atoms with van der Waals surface area (Å²) in [6.07, 6.45) is 5.14. The number of rotatable bonds is 5. The first-order chi connectivity index (χ1) is 13.7. The number of amides is 1. The Hall–Kier alpha value is -3.93. The second-order valence-corrected chi connectivity index (χ2v) is 6.25. The molecule has 0 bridgehead atoms. The summed E-state index contributed by atoms with van der Waals surface area (Å²) >= 11 is 0. The molecule has 0 spiro atoms. The van der Waals surface area contributed by atoms with Crippen LogP contribution in [0, 0.1) is 0 Å². The van der Waals surface area contributed by atoms with E-state index in [9.17, 15) is 4.79 Å². The number of para-hydroxylation sites is 2. The maximum Gasteiger partial charge on any atom is 0.273 e. The number of nitrogens with zero attached hydrogens (tertiary/aromatic N) is 4. The van der Waals surface area contributed by atoms with E-state index < -0.39 is 0 Å². The standard InChI is InChI=1S/C22H19N5O/c1-26(18-10-4-2-5-11-18)25-22(28)20-16-27(19-12-6-3-7-13-19)24-21(20)17-9-8-14-23-15-17/h2-16H,1H3,(H,25,28). The van der Waals surface area contributed by atoms with Crippen molar-refractivity contribution in [3.8, 4) is 16.9 Å². The van der Waals surface area contributed by atoms with E-state index in [0.717, 1.165) is 16.9 Å². The molecule has 0 atom stereocenters. The van der Waals surface area contributed by atoms with Crippen LogP contribution in [0.2, 0.25) is 0 Å². The lowest BCUT2D eigenvalue weighted by Crippen LogP contribution is -2.39. The topological polar surface area (TPSA) is 63.1 Å². The normalized spacial score (nSPS) is 10.5. The Balaban J connectivity index is 1.70. The minimum absolute atomic E-state index is 0.243. The maximum absolute atomic E-state index is 13.0. The average molecular weight is 369 g/mol. The number of hydrazine groups is 1. The summed E-state index contributed by atoms with van der Waals surface area (Å²) in [5, 5.41) is 6.34. The summed E-state index contributed by atoms with van der Waals surface area (Å²) in [4.78, 5) is 17.2. The lowest BCUT2D eigenvalue weighted by Gasteiger charge is -2.20. The van der Waals surface area contributed by atoms with Crippen molar-refractivity contribution in [2.75, 3.05) is 12.1 Å². The monoisotopic (exact) mass is 369 g/mol. The summed E-state index contributed by atoms with van der Waals surface area (Å²) in [6.45, 7) is 0. The quantitative estimate of drug-likeness (QED) is 0.545. The van der Waals surface area contributed by atoms with Crippen molar-refractivity contribution in [1.29, 1.82) is 0 Å². The lowest BCUT2D eigenvalue weighted by molar-refractivity contribution is 0.0952. The fourth-order valence-corrected chi connectivity index (χ4v) is 2.90. The van der Waals surface area contributed by atoms with Gasteiger partial charge in [0.2, 0.25) is 0 Å². The molecule has 0 saturated carbocycles.